The van der Waals surface area contributed by atoms with E-state index in [2.05, 4.69) is 36.8 Å². The molecule has 0 heterocycles. The van der Waals surface area contributed by atoms with Crippen molar-refractivity contribution >= 4 is 0 Å². The maximum atomic E-state index is 4.82. The molecule has 0 atom stereocenters. The fourth-order valence-corrected chi connectivity index (χ4v) is 0.746. The van der Waals surface area contributed by atoms with Gasteiger partial charge in [0.1, 0.15) is 0 Å². The number of rotatable bonds is 1. The maximum absolute atomic E-state index is 4.82. The van der Waals surface area contributed by atoms with Crippen LogP contribution in [0.5, 0.6) is 0 Å². The van der Waals surface area contributed by atoms with Gasteiger partial charge in [-0.1, -0.05) is 30.3 Å². The topological polar surface area (TPSA) is 0 Å². The van der Waals surface area contributed by atoms with Crippen molar-refractivity contribution in [3.63, 3.8) is 0 Å². The van der Waals surface area contributed by atoms with Crippen LogP contribution in [0.1, 0.15) is 6.42 Å². The van der Waals surface area contributed by atoms with E-state index in [1.54, 1.807) is 6.08 Å². The van der Waals surface area contributed by atoms with Gasteiger partial charge in [0.15, 0.2) is 0 Å². The van der Waals surface area contributed by atoms with E-state index in [1.807, 2.05) is 0 Å². The van der Waals surface area contributed by atoms with Gasteiger partial charge in [-0.15, -0.1) is 18.9 Å². The monoisotopic (exact) mass is 142 g/mol. The fourth-order valence-electron chi connectivity index (χ4n) is 0.746. The molecule has 2 aliphatic carbocycles. The Labute approximate surface area is 67.6 Å². The summed E-state index contributed by atoms with van der Waals surface area (Å²) in [5.41, 5.74) is 2.85. The first-order valence-electron chi connectivity index (χ1n) is 3.53. The predicted molar refractivity (Wildman–Crippen MR) is 49.1 cm³/mol. The van der Waals surface area contributed by atoms with Crippen LogP contribution in [-0.4, -0.2) is 0 Å². The molecule has 0 spiro atoms. The number of benzene rings is 1. The van der Waals surface area contributed by atoms with Gasteiger partial charge in [0.2, 0.25) is 0 Å². The summed E-state index contributed by atoms with van der Waals surface area (Å²) in [4.78, 5) is 0. The summed E-state index contributed by atoms with van der Waals surface area (Å²) in [5, 5.41) is 0. The SMILES string of the molecule is C#CCC=C.c1cc2ccc1-2. The van der Waals surface area contributed by atoms with Crippen molar-refractivity contribution in [2.24, 2.45) is 0 Å². The summed E-state index contributed by atoms with van der Waals surface area (Å²) in [6.45, 7) is 3.41. The Hall–Kier alpha value is -1.48. The van der Waals surface area contributed by atoms with Gasteiger partial charge in [-0.2, -0.15) is 0 Å². The molecule has 0 fully saturated rings. The Morgan fingerprint density at radius 1 is 1.27 bits per heavy atom. The first-order chi connectivity index (χ1) is 5.38. The zero-order valence-corrected chi connectivity index (χ0v) is 6.38. The molecule has 0 heteroatoms. The van der Waals surface area contributed by atoms with E-state index < -0.39 is 0 Å². The lowest BCUT2D eigenvalue weighted by Gasteiger charge is -2.10. The number of hydrogen-bond acceptors (Lipinski definition) is 0. The zero-order valence-electron chi connectivity index (χ0n) is 6.38. The van der Waals surface area contributed by atoms with E-state index in [1.165, 1.54) is 11.1 Å². The number of hydrogen-bond donors (Lipinski definition) is 0. The van der Waals surface area contributed by atoms with Gasteiger partial charge in [0.05, 0.1) is 0 Å². The molecule has 0 nitrogen and oxygen atoms in total. The molecule has 0 saturated carbocycles. The number of terminal acetylenes is 1. The van der Waals surface area contributed by atoms with Crippen LogP contribution >= 0.6 is 0 Å². The molecular formula is C11H10. The Bertz CT molecular complexity index is 251. The van der Waals surface area contributed by atoms with E-state index in [0.717, 1.165) is 0 Å². The zero-order chi connectivity index (χ0) is 8.10. The van der Waals surface area contributed by atoms with Crippen LogP contribution in [-0.2, 0) is 0 Å². The fraction of sp³-hybridized carbons (Fsp3) is 0.0909. The molecule has 11 heavy (non-hydrogen) atoms. The van der Waals surface area contributed by atoms with Crippen molar-refractivity contribution in [2.75, 3.05) is 0 Å². The molecule has 2 rings (SSSR count). The largest absolute Gasteiger partial charge is 0.120 e. The Kier molecular flexibility index (Phi) is 2.52. The van der Waals surface area contributed by atoms with E-state index in [-0.39, 0.29) is 0 Å². The van der Waals surface area contributed by atoms with Crippen LogP contribution in [0.2, 0.25) is 0 Å². The number of fused-ring (bicyclic) bond motifs is 1. The van der Waals surface area contributed by atoms with Crippen molar-refractivity contribution in [3.8, 4) is 23.5 Å². The molecule has 0 aromatic carbocycles. The highest BCUT2D eigenvalue weighted by molar-refractivity contribution is 5.75. The molecule has 0 unspecified atom stereocenters. The highest BCUT2D eigenvalue weighted by Crippen LogP contribution is 2.29. The highest BCUT2D eigenvalue weighted by Gasteiger charge is 2.03. The second-order valence-corrected chi connectivity index (χ2v) is 2.27. The molecule has 0 amide bonds. The third-order valence-electron chi connectivity index (χ3n) is 1.48. The van der Waals surface area contributed by atoms with Gasteiger partial charge in [0, 0.05) is 6.42 Å². The molecule has 0 N–H and O–H groups in total. The first-order valence-corrected chi connectivity index (χ1v) is 3.53. The molecular weight excluding hydrogens is 132 g/mol. The normalized spacial score (nSPS) is 8.64. The molecule has 0 aromatic heterocycles. The quantitative estimate of drug-likeness (QED) is 0.424. The molecule has 0 aliphatic heterocycles. The van der Waals surface area contributed by atoms with Crippen LogP contribution in [0.4, 0.5) is 0 Å². The predicted octanol–water partition coefficient (Wildman–Crippen LogP) is 2.86. The minimum atomic E-state index is 0.681. The summed E-state index contributed by atoms with van der Waals surface area (Å²) in [5.74, 6) is 2.40. The van der Waals surface area contributed by atoms with Crippen molar-refractivity contribution in [1.82, 2.24) is 0 Å². The molecule has 54 valence electrons. The Balaban J connectivity index is 0.000000114. The molecule has 0 aromatic rings. The first kappa shape index (κ1) is 7.63. The van der Waals surface area contributed by atoms with Crippen molar-refractivity contribution < 1.29 is 0 Å². The van der Waals surface area contributed by atoms with E-state index in [9.17, 15) is 0 Å². The second-order valence-electron chi connectivity index (χ2n) is 2.27. The second kappa shape index (κ2) is 3.63. The maximum Gasteiger partial charge on any atom is 0.0264 e. The molecule has 2 aliphatic rings. The minimum Gasteiger partial charge on any atom is -0.120 e. The van der Waals surface area contributed by atoms with E-state index in [4.69, 9.17) is 6.42 Å². The van der Waals surface area contributed by atoms with E-state index >= 15 is 0 Å². The lowest BCUT2D eigenvalue weighted by atomic mass is 9.95. The van der Waals surface area contributed by atoms with Crippen LogP contribution in [0.3, 0.4) is 0 Å². The standard InChI is InChI=1S/C6H4.C5H6/c1-2-6-4-3-5(1)6;1-3-5-4-2/h1-4H;1,4H,2,5H2. The van der Waals surface area contributed by atoms with Crippen molar-refractivity contribution in [3.05, 3.63) is 36.9 Å². The minimum absolute atomic E-state index is 0.681. The summed E-state index contributed by atoms with van der Waals surface area (Å²) >= 11 is 0. The average molecular weight is 142 g/mol. The van der Waals surface area contributed by atoms with Gasteiger partial charge in [-0.3, -0.25) is 0 Å². The van der Waals surface area contributed by atoms with Crippen LogP contribution in [0.15, 0.2) is 36.9 Å². The average Bonchev–Trinajstić information content (AvgIpc) is 2.00. The molecule has 0 saturated heterocycles. The summed E-state index contributed by atoms with van der Waals surface area (Å²) in [6, 6.07) is 8.48. The third-order valence-corrected chi connectivity index (χ3v) is 1.48. The lowest BCUT2D eigenvalue weighted by Crippen LogP contribution is -1.85. The van der Waals surface area contributed by atoms with Gasteiger partial charge < -0.3 is 0 Å². The lowest BCUT2D eigenvalue weighted by molar-refractivity contribution is 1.50. The highest BCUT2D eigenvalue weighted by atomic mass is 14.1. The van der Waals surface area contributed by atoms with Crippen molar-refractivity contribution in [1.29, 1.82) is 0 Å². The van der Waals surface area contributed by atoms with Crippen LogP contribution in [0, 0.1) is 12.3 Å². The van der Waals surface area contributed by atoms with Crippen LogP contribution in [0.25, 0.3) is 11.1 Å². The van der Waals surface area contributed by atoms with Gasteiger partial charge in [-0.25, -0.2) is 0 Å². The van der Waals surface area contributed by atoms with Gasteiger partial charge >= 0.3 is 0 Å². The van der Waals surface area contributed by atoms with Gasteiger partial charge in [-0.05, 0) is 11.1 Å². The Morgan fingerprint density at radius 3 is 1.73 bits per heavy atom. The summed E-state index contributed by atoms with van der Waals surface area (Å²) < 4.78 is 0. The smallest absolute Gasteiger partial charge is 0.0264 e. The number of allylic oxidation sites excluding steroid dienone is 1. The Morgan fingerprint density at radius 2 is 1.73 bits per heavy atom. The van der Waals surface area contributed by atoms with E-state index in [0.29, 0.717) is 6.42 Å². The van der Waals surface area contributed by atoms with Gasteiger partial charge in [0.25, 0.3) is 0 Å². The molecule has 0 bridgehead atoms. The third kappa shape index (κ3) is 1.72. The van der Waals surface area contributed by atoms with Crippen LogP contribution < -0.4 is 0 Å². The molecule has 0 radical (unpaired) electrons. The summed E-state index contributed by atoms with van der Waals surface area (Å²) in [6.07, 6.45) is 7.19. The van der Waals surface area contributed by atoms with Crippen molar-refractivity contribution in [2.45, 2.75) is 6.42 Å². The summed E-state index contributed by atoms with van der Waals surface area (Å²) in [7, 11) is 0.